The molecule has 0 amide bonds. The number of esters is 2. The Morgan fingerprint density at radius 3 is 2.68 bits per heavy atom. The number of hydrogen-bond acceptors (Lipinski definition) is 5. The van der Waals surface area contributed by atoms with E-state index in [4.69, 9.17) is 9.47 Å². The zero-order chi connectivity index (χ0) is 14.0. The van der Waals surface area contributed by atoms with Gasteiger partial charge in [-0.25, -0.2) is 0 Å². The SMILES string of the molecule is CCOC(=O)C12CCCC(C1O)[C@@H](OC(C)=O)CC2. The van der Waals surface area contributed by atoms with Crippen molar-refractivity contribution in [1.29, 1.82) is 0 Å². The van der Waals surface area contributed by atoms with E-state index >= 15 is 0 Å². The number of aliphatic hydroxyl groups excluding tert-OH is 1. The Bertz CT molecular complexity index is 367. The van der Waals surface area contributed by atoms with E-state index in [0.29, 0.717) is 25.9 Å². The van der Waals surface area contributed by atoms with Crippen molar-refractivity contribution in [3.63, 3.8) is 0 Å². The lowest BCUT2D eigenvalue weighted by atomic mass is 9.59. The van der Waals surface area contributed by atoms with Gasteiger partial charge in [-0.1, -0.05) is 6.42 Å². The second-order valence-electron chi connectivity index (χ2n) is 5.56. The zero-order valence-corrected chi connectivity index (χ0v) is 11.6. The summed E-state index contributed by atoms with van der Waals surface area (Å²) in [5.41, 5.74) is -0.782. The molecule has 108 valence electrons. The van der Waals surface area contributed by atoms with E-state index in [1.54, 1.807) is 6.92 Å². The molecule has 2 bridgehead atoms. The molecule has 4 atom stereocenters. The predicted octanol–water partition coefficient (Wildman–Crippen LogP) is 1.42. The summed E-state index contributed by atoms with van der Waals surface area (Å²) in [6.07, 6.45) is 2.44. The maximum Gasteiger partial charge on any atom is 0.314 e. The fourth-order valence-electron chi connectivity index (χ4n) is 3.60. The topological polar surface area (TPSA) is 72.8 Å². The van der Waals surface area contributed by atoms with Crippen LogP contribution in [0.15, 0.2) is 0 Å². The second-order valence-corrected chi connectivity index (χ2v) is 5.56. The van der Waals surface area contributed by atoms with Crippen molar-refractivity contribution in [2.75, 3.05) is 6.61 Å². The molecule has 2 saturated carbocycles. The largest absolute Gasteiger partial charge is 0.465 e. The van der Waals surface area contributed by atoms with Crippen molar-refractivity contribution in [2.24, 2.45) is 11.3 Å². The lowest BCUT2D eigenvalue weighted by Gasteiger charge is -2.50. The van der Waals surface area contributed by atoms with E-state index in [9.17, 15) is 14.7 Å². The number of hydrogen-bond donors (Lipinski definition) is 1. The monoisotopic (exact) mass is 270 g/mol. The molecule has 1 N–H and O–H groups in total. The van der Waals surface area contributed by atoms with Crippen LogP contribution in [-0.2, 0) is 19.1 Å². The Labute approximate surface area is 113 Å². The summed E-state index contributed by atoms with van der Waals surface area (Å²) in [6, 6.07) is 0. The third-order valence-electron chi connectivity index (χ3n) is 4.48. The Hall–Kier alpha value is -1.10. The summed E-state index contributed by atoms with van der Waals surface area (Å²) >= 11 is 0. The summed E-state index contributed by atoms with van der Waals surface area (Å²) < 4.78 is 10.4. The molecule has 5 nitrogen and oxygen atoms in total. The molecule has 2 rings (SSSR count). The average Bonchev–Trinajstić information content (AvgIpc) is 2.33. The van der Waals surface area contributed by atoms with E-state index < -0.39 is 11.5 Å². The van der Waals surface area contributed by atoms with E-state index in [2.05, 4.69) is 0 Å². The van der Waals surface area contributed by atoms with Crippen LogP contribution in [0, 0.1) is 11.3 Å². The lowest BCUT2D eigenvalue weighted by Crippen LogP contribution is -2.57. The smallest absolute Gasteiger partial charge is 0.314 e. The molecule has 3 unspecified atom stereocenters. The van der Waals surface area contributed by atoms with Crippen LogP contribution in [0.2, 0.25) is 0 Å². The quantitative estimate of drug-likeness (QED) is 0.785. The molecule has 5 heteroatoms. The summed E-state index contributed by atoms with van der Waals surface area (Å²) in [7, 11) is 0. The van der Waals surface area contributed by atoms with Gasteiger partial charge in [-0.2, -0.15) is 0 Å². The van der Waals surface area contributed by atoms with Gasteiger partial charge in [0.1, 0.15) is 6.10 Å². The number of ether oxygens (including phenoxy) is 2. The summed E-state index contributed by atoms with van der Waals surface area (Å²) in [5, 5.41) is 10.5. The highest BCUT2D eigenvalue weighted by atomic mass is 16.5. The number of carbonyl (C=O) groups excluding carboxylic acids is 2. The normalized spacial score (nSPS) is 37.5. The first-order valence-electron chi connectivity index (χ1n) is 7.04. The summed E-state index contributed by atoms with van der Waals surface area (Å²) in [4.78, 5) is 23.3. The van der Waals surface area contributed by atoms with Crippen LogP contribution < -0.4 is 0 Å². The van der Waals surface area contributed by atoms with Crippen molar-refractivity contribution in [3.05, 3.63) is 0 Å². The molecule has 2 fully saturated rings. The average molecular weight is 270 g/mol. The summed E-state index contributed by atoms with van der Waals surface area (Å²) in [6.45, 7) is 3.47. The highest BCUT2D eigenvalue weighted by Crippen LogP contribution is 2.50. The molecule has 0 aromatic heterocycles. The van der Waals surface area contributed by atoms with Crippen molar-refractivity contribution < 1.29 is 24.2 Å². The van der Waals surface area contributed by atoms with Crippen molar-refractivity contribution >= 4 is 11.9 Å². The van der Waals surface area contributed by atoms with Crippen molar-refractivity contribution in [1.82, 2.24) is 0 Å². The number of fused-ring (bicyclic) bond motifs is 2. The first-order chi connectivity index (χ1) is 9.01. The molecular formula is C14H22O5. The van der Waals surface area contributed by atoms with Crippen LogP contribution in [0.3, 0.4) is 0 Å². The zero-order valence-electron chi connectivity index (χ0n) is 11.6. The first-order valence-corrected chi connectivity index (χ1v) is 7.04. The fourth-order valence-corrected chi connectivity index (χ4v) is 3.60. The van der Waals surface area contributed by atoms with Crippen molar-refractivity contribution in [2.45, 2.75) is 58.2 Å². The number of carbonyl (C=O) groups is 2. The van der Waals surface area contributed by atoms with Gasteiger partial charge in [0, 0.05) is 12.8 Å². The third-order valence-corrected chi connectivity index (χ3v) is 4.48. The minimum atomic E-state index is -0.782. The molecule has 0 aliphatic heterocycles. The van der Waals surface area contributed by atoms with Gasteiger partial charge in [0.05, 0.1) is 18.1 Å². The molecule has 0 saturated heterocycles. The molecular weight excluding hydrogens is 248 g/mol. The van der Waals surface area contributed by atoms with Crippen LogP contribution in [0.5, 0.6) is 0 Å². The molecule has 2 aliphatic carbocycles. The van der Waals surface area contributed by atoms with Gasteiger partial charge in [-0.15, -0.1) is 0 Å². The molecule has 2 aliphatic rings. The maximum absolute atomic E-state index is 12.2. The fraction of sp³-hybridized carbons (Fsp3) is 0.857. The van der Waals surface area contributed by atoms with Gasteiger partial charge in [0.15, 0.2) is 0 Å². The number of rotatable bonds is 3. The Kier molecular flexibility index (Phi) is 4.13. The van der Waals surface area contributed by atoms with Gasteiger partial charge in [0.25, 0.3) is 0 Å². The molecule has 0 aromatic carbocycles. The van der Waals surface area contributed by atoms with Crippen LogP contribution in [0.25, 0.3) is 0 Å². The van der Waals surface area contributed by atoms with Crippen LogP contribution >= 0.6 is 0 Å². The minimum Gasteiger partial charge on any atom is -0.465 e. The molecule has 0 aromatic rings. The van der Waals surface area contributed by atoms with Gasteiger partial charge in [-0.3, -0.25) is 9.59 Å². The highest BCUT2D eigenvalue weighted by molar-refractivity contribution is 5.78. The van der Waals surface area contributed by atoms with Gasteiger partial charge in [-0.05, 0) is 32.6 Å². The third kappa shape index (κ3) is 2.48. The standard InChI is InChI=1S/C14H22O5/c1-3-18-13(17)14-7-4-5-10(12(14)16)11(6-8-14)19-9(2)15/h10-12,16H,3-8H2,1-2H3/t10?,11-,12?,14?/m0/s1. The number of aliphatic hydroxyl groups is 1. The van der Waals surface area contributed by atoms with E-state index in [1.165, 1.54) is 6.92 Å². The van der Waals surface area contributed by atoms with E-state index in [-0.39, 0.29) is 24.0 Å². The van der Waals surface area contributed by atoms with Gasteiger partial charge < -0.3 is 14.6 Å². The van der Waals surface area contributed by atoms with Gasteiger partial charge in [0.2, 0.25) is 0 Å². The van der Waals surface area contributed by atoms with E-state index in [1.807, 2.05) is 0 Å². The van der Waals surface area contributed by atoms with Crippen molar-refractivity contribution in [3.8, 4) is 0 Å². The van der Waals surface area contributed by atoms with Gasteiger partial charge >= 0.3 is 11.9 Å². The van der Waals surface area contributed by atoms with Crippen LogP contribution in [0.4, 0.5) is 0 Å². The molecule has 0 heterocycles. The highest BCUT2D eigenvalue weighted by Gasteiger charge is 2.56. The Morgan fingerprint density at radius 2 is 2.05 bits per heavy atom. The van der Waals surface area contributed by atoms with Crippen LogP contribution in [0.1, 0.15) is 46.0 Å². The van der Waals surface area contributed by atoms with E-state index in [0.717, 1.165) is 12.8 Å². The van der Waals surface area contributed by atoms with Crippen LogP contribution in [-0.4, -0.2) is 35.9 Å². The minimum absolute atomic E-state index is 0.143. The maximum atomic E-state index is 12.2. The molecule has 0 radical (unpaired) electrons. The first kappa shape index (κ1) is 14.3. The second kappa shape index (κ2) is 5.49. The molecule has 19 heavy (non-hydrogen) atoms. The Balaban J connectivity index is 2.17. The Morgan fingerprint density at radius 1 is 1.32 bits per heavy atom. The lowest BCUT2D eigenvalue weighted by molar-refractivity contribution is -0.192. The summed E-state index contributed by atoms with van der Waals surface area (Å²) in [5.74, 6) is -0.768. The predicted molar refractivity (Wildman–Crippen MR) is 67.2 cm³/mol. The molecule has 0 spiro atoms.